The van der Waals surface area contributed by atoms with Crippen molar-refractivity contribution in [2.75, 3.05) is 26.3 Å². The van der Waals surface area contributed by atoms with Crippen molar-refractivity contribution in [3.05, 3.63) is 22.2 Å². The first kappa shape index (κ1) is 20.7. The van der Waals surface area contributed by atoms with E-state index in [4.69, 9.17) is 9.47 Å². The molecule has 0 unspecified atom stereocenters. The summed E-state index contributed by atoms with van der Waals surface area (Å²) in [7, 11) is 0. The molecule has 0 saturated heterocycles. The zero-order valence-electron chi connectivity index (χ0n) is 14.3. The van der Waals surface area contributed by atoms with Crippen molar-refractivity contribution in [1.29, 1.82) is 0 Å². The van der Waals surface area contributed by atoms with Gasteiger partial charge in [0.15, 0.2) is 11.5 Å². The molecule has 0 fully saturated rings. The molecule has 0 aromatic heterocycles. The van der Waals surface area contributed by atoms with Gasteiger partial charge in [-0.05, 0) is 38.0 Å². The molecular weight excluding hydrogens is 384 g/mol. The number of carbonyl (C=O) groups excluding carboxylic acids is 1. The second-order valence-corrected chi connectivity index (χ2v) is 6.02. The highest BCUT2D eigenvalue weighted by molar-refractivity contribution is 9.10. The minimum Gasteiger partial charge on any atom is -0.490 e. The predicted molar refractivity (Wildman–Crippen MR) is 93.1 cm³/mol. The van der Waals surface area contributed by atoms with E-state index in [9.17, 15) is 13.6 Å². The standard InChI is InChI=1S/C17H24BrF2NO3/c1-4-7-21(11-16(19)20)17(22)9-12-8-14(23-5-2)15(24-6-3)10-13(12)18/h8,10,16H,4-7,9,11H2,1-3H3. The van der Waals surface area contributed by atoms with Gasteiger partial charge in [-0.2, -0.15) is 0 Å². The van der Waals surface area contributed by atoms with E-state index in [1.54, 1.807) is 12.1 Å². The number of nitrogens with zero attached hydrogens (tertiary/aromatic N) is 1. The van der Waals surface area contributed by atoms with Crippen LogP contribution in [0.3, 0.4) is 0 Å². The van der Waals surface area contributed by atoms with Gasteiger partial charge in [0.05, 0.1) is 26.2 Å². The monoisotopic (exact) mass is 407 g/mol. The molecule has 0 heterocycles. The molecule has 1 amide bonds. The van der Waals surface area contributed by atoms with Gasteiger partial charge in [-0.1, -0.05) is 22.9 Å². The summed E-state index contributed by atoms with van der Waals surface area (Å²) in [6.07, 6.45) is -1.88. The predicted octanol–water partition coefficient (Wildman–Crippen LogP) is 4.29. The summed E-state index contributed by atoms with van der Waals surface area (Å²) in [5, 5.41) is 0. The van der Waals surface area contributed by atoms with Crippen molar-refractivity contribution in [3.63, 3.8) is 0 Å². The number of alkyl halides is 2. The van der Waals surface area contributed by atoms with E-state index in [-0.39, 0.29) is 12.3 Å². The number of halogens is 3. The molecule has 136 valence electrons. The lowest BCUT2D eigenvalue weighted by Crippen LogP contribution is -2.36. The number of rotatable bonds is 10. The fourth-order valence-corrected chi connectivity index (χ4v) is 2.74. The van der Waals surface area contributed by atoms with Crippen molar-refractivity contribution in [1.82, 2.24) is 4.90 Å². The van der Waals surface area contributed by atoms with E-state index in [1.807, 2.05) is 20.8 Å². The molecule has 0 spiro atoms. The number of carbonyl (C=O) groups is 1. The summed E-state index contributed by atoms with van der Waals surface area (Å²) < 4.78 is 37.1. The van der Waals surface area contributed by atoms with E-state index >= 15 is 0 Å². The Labute approximate surface area is 150 Å². The van der Waals surface area contributed by atoms with Crippen molar-refractivity contribution < 1.29 is 23.0 Å². The van der Waals surface area contributed by atoms with Crippen LogP contribution >= 0.6 is 15.9 Å². The fraction of sp³-hybridized carbons (Fsp3) is 0.588. The molecule has 24 heavy (non-hydrogen) atoms. The molecule has 0 N–H and O–H groups in total. The average molecular weight is 408 g/mol. The maximum absolute atomic E-state index is 12.6. The molecule has 1 aromatic rings. The van der Waals surface area contributed by atoms with Gasteiger partial charge in [-0.3, -0.25) is 4.79 Å². The number of hydrogen-bond acceptors (Lipinski definition) is 3. The first-order valence-corrected chi connectivity index (χ1v) is 8.86. The largest absolute Gasteiger partial charge is 0.490 e. The van der Waals surface area contributed by atoms with E-state index in [0.717, 1.165) is 0 Å². The van der Waals surface area contributed by atoms with Crippen LogP contribution in [0.1, 0.15) is 32.8 Å². The minimum atomic E-state index is -2.54. The van der Waals surface area contributed by atoms with Gasteiger partial charge in [0.2, 0.25) is 5.91 Å². The Morgan fingerprint density at radius 3 is 2.25 bits per heavy atom. The Hall–Kier alpha value is -1.37. The third-order valence-electron chi connectivity index (χ3n) is 3.26. The van der Waals surface area contributed by atoms with Gasteiger partial charge in [0.1, 0.15) is 0 Å². The summed E-state index contributed by atoms with van der Waals surface area (Å²) in [6, 6.07) is 3.47. The lowest BCUT2D eigenvalue weighted by atomic mass is 10.1. The Kier molecular flexibility index (Phi) is 9.03. The fourth-order valence-electron chi connectivity index (χ4n) is 2.28. The number of amides is 1. The number of benzene rings is 1. The van der Waals surface area contributed by atoms with Gasteiger partial charge < -0.3 is 14.4 Å². The Bertz CT molecular complexity index is 541. The zero-order valence-corrected chi connectivity index (χ0v) is 15.9. The molecule has 0 atom stereocenters. The quantitative estimate of drug-likeness (QED) is 0.580. The lowest BCUT2D eigenvalue weighted by Gasteiger charge is -2.22. The molecule has 1 aromatic carbocycles. The van der Waals surface area contributed by atoms with Crippen LogP contribution in [0.2, 0.25) is 0 Å². The summed E-state index contributed by atoms with van der Waals surface area (Å²) in [5.74, 6) is 0.797. The third kappa shape index (κ3) is 6.26. The van der Waals surface area contributed by atoms with E-state index in [2.05, 4.69) is 15.9 Å². The molecular formula is C17H24BrF2NO3. The normalized spacial score (nSPS) is 10.8. The SMILES string of the molecule is CCCN(CC(F)F)C(=O)Cc1cc(OCC)c(OCC)cc1Br. The van der Waals surface area contributed by atoms with Gasteiger partial charge in [-0.15, -0.1) is 0 Å². The topological polar surface area (TPSA) is 38.8 Å². The first-order chi connectivity index (χ1) is 11.4. The van der Waals surface area contributed by atoms with Gasteiger partial charge >= 0.3 is 0 Å². The molecule has 0 aliphatic carbocycles. The maximum atomic E-state index is 12.6. The van der Waals surface area contributed by atoms with Gasteiger partial charge in [0.25, 0.3) is 6.43 Å². The molecule has 7 heteroatoms. The Morgan fingerprint density at radius 2 is 1.75 bits per heavy atom. The van der Waals surface area contributed by atoms with Crippen molar-refractivity contribution >= 4 is 21.8 Å². The smallest absolute Gasteiger partial charge is 0.255 e. The Balaban J connectivity index is 2.99. The van der Waals surface area contributed by atoms with Gasteiger partial charge in [0, 0.05) is 11.0 Å². The zero-order chi connectivity index (χ0) is 18.1. The van der Waals surface area contributed by atoms with Crippen LogP contribution < -0.4 is 9.47 Å². The highest BCUT2D eigenvalue weighted by atomic mass is 79.9. The number of hydrogen-bond donors (Lipinski definition) is 0. The highest BCUT2D eigenvalue weighted by Gasteiger charge is 2.20. The Morgan fingerprint density at radius 1 is 1.17 bits per heavy atom. The van der Waals surface area contributed by atoms with Crippen LogP contribution in [0, 0.1) is 0 Å². The van der Waals surface area contributed by atoms with Crippen LogP contribution in [0.15, 0.2) is 16.6 Å². The number of ether oxygens (including phenoxy) is 2. The molecule has 1 rings (SSSR count). The van der Waals surface area contributed by atoms with Crippen molar-refractivity contribution in [3.8, 4) is 11.5 Å². The summed E-state index contributed by atoms with van der Waals surface area (Å²) in [6.45, 7) is 6.30. The maximum Gasteiger partial charge on any atom is 0.255 e. The van der Waals surface area contributed by atoms with Crippen molar-refractivity contribution in [2.24, 2.45) is 0 Å². The lowest BCUT2D eigenvalue weighted by molar-refractivity contribution is -0.132. The summed E-state index contributed by atoms with van der Waals surface area (Å²) in [4.78, 5) is 13.6. The summed E-state index contributed by atoms with van der Waals surface area (Å²) in [5.41, 5.74) is 0.683. The molecule has 0 aliphatic heterocycles. The second kappa shape index (κ2) is 10.5. The molecule has 0 saturated carbocycles. The average Bonchev–Trinajstić information content (AvgIpc) is 2.51. The highest BCUT2D eigenvalue weighted by Crippen LogP contribution is 2.34. The third-order valence-corrected chi connectivity index (χ3v) is 4.00. The molecule has 0 aliphatic rings. The molecule has 0 radical (unpaired) electrons. The van der Waals surface area contributed by atoms with Crippen LogP contribution in [-0.2, 0) is 11.2 Å². The summed E-state index contributed by atoms with van der Waals surface area (Å²) >= 11 is 3.42. The van der Waals surface area contributed by atoms with E-state index < -0.39 is 13.0 Å². The van der Waals surface area contributed by atoms with Crippen LogP contribution in [0.4, 0.5) is 8.78 Å². The van der Waals surface area contributed by atoms with Crippen LogP contribution in [-0.4, -0.2) is 43.5 Å². The van der Waals surface area contributed by atoms with Gasteiger partial charge in [-0.25, -0.2) is 8.78 Å². The van der Waals surface area contributed by atoms with E-state index in [0.29, 0.717) is 47.7 Å². The van der Waals surface area contributed by atoms with E-state index in [1.165, 1.54) is 4.90 Å². The first-order valence-electron chi connectivity index (χ1n) is 8.06. The molecule has 4 nitrogen and oxygen atoms in total. The van der Waals surface area contributed by atoms with Crippen LogP contribution in [0.5, 0.6) is 11.5 Å². The minimum absolute atomic E-state index is 0.0276. The van der Waals surface area contributed by atoms with Crippen molar-refractivity contribution in [2.45, 2.75) is 40.0 Å². The molecule has 0 bridgehead atoms. The second-order valence-electron chi connectivity index (χ2n) is 5.16. The van der Waals surface area contributed by atoms with Crippen LogP contribution in [0.25, 0.3) is 0 Å².